The molecule has 2 heterocycles. The summed E-state index contributed by atoms with van der Waals surface area (Å²) >= 11 is 0. The smallest absolute Gasteiger partial charge is 0.330 e. The Labute approximate surface area is 94.7 Å². The highest BCUT2D eigenvalue weighted by Gasteiger charge is 2.39. The topological polar surface area (TPSA) is 125 Å². The highest BCUT2D eigenvalue weighted by Crippen LogP contribution is 2.28. The lowest BCUT2D eigenvalue weighted by molar-refractivity contribution is -0.0409. The van der Waals surface area contributed by atoms with Gasteiger partial charge < -0.3 is 20.1 Å². The summed E-state index contributed by atoms with van der Waals surface area (Å²) in [5.41, 5.74) is -1.35. The first kappa shape index (κ1) is 12.0. The Morgan fingerprint density at radius 2 is 2.06 bits per heavy atom. The zero-order valence-electron chi connectivity index (χ0n) is 8.56. The summed E-state index contributed by atoms with van der Waals surface area (Å²) in [4.78, 5) is 24.3. The molecule has 0 aromatic carbocycles. The van der Waals surface area contributed by atoms with E-state index in [1.54, 1.807) is 0 Å². The Balaban J connectivity index is 2.35. The van der Waals surface area contributed by atoms with Gasteiger partial charge in [0.05, 0.1) is 6.10 Å². The van der Waals surface area contributed by atoms with Crippen LogP contribution in [0.3, 0.4) is 0 Å². The quantitative estimate of drug-likeness (QED) is 0.432. The minimum Gasteiger partial charge on any atom is -0.563 e. The first-order valence-corrected chi connectivity index (χ1v) is 4.85. The number of H-pyrrole nitrogens is 1. The molecule has 8 nitrogen and oxygen atoms in total. The van der Waals surface area contributed by atoms with Gasteiger partial charge in [-0.2, -0.15) is 6.61 Å². The molecule has 0 unspecified atom stereocenters. The fourth-order valence-corrected chi connectivity index (χ4v) is 1.67. The van der Waals surface area contributed by atoms with Gasteiger partial charge in [0.2, 0.25) is 0 Å². The molecule has 0 bridgehead atoms. The van der Waals surface area contributed by atoms with Crippen LogP contribution in [0.4, 0.5) is 0 Å². The minimum absolute atomic E-state index is 0.579. The number of aliphatic hydroxyl groups is 3. The van der Waals surface area contributed by atoms with Crippen LogP contribution in [0, 0.1) is 6.61 Å². The fourth-order valence-electron chi connectivity index (χ4n) is 1.67. The molecule has 1 aromatic rings. The summed E-state index contributed by atoms with van der Waals surface area (Å²) in [7, 11) is 0. The van der Waals surface area contributed by atoms with Crippen molar-refractivity contribution in [2.45, 2.75) is 24.5 Å². The van der Waals surface area contributed by atoms with Gasteiger partial charge in [-0.15, -0.1) is 0 Å². The van der Waals surface area contributed by atoms with Crippen LogP contribution in [0.1, 0.15) is 6.23 Å². The first-order chi connectivity index (χ1) is 8.04. The van der Waals surface area contributed by atoms with Gasteiger partial charge in [-0.25, -0.2) is 4.79 Å². The fraction of sp³-hybridized carbons (Fsp3) is 0.444. The predicted octanol–water partition coefficient (Wildman–Crippen LogP) is -2.31. The van der Waals surface area contributed by atoms with E-state index in [-0.39, 0.29) is 0 Å². The summed E-state index contributed by atoms with van der Waals surface area (Å²) in [6, 6.07) is 1.08. The van der Waals surface area contributed by atoms with Crippen LogP contribution in [0.5, 0.6) is 0 Å². The third kappa shape index (κ3) is 2.03. The van der Waals surface area contributed by atoms with Crippen molar-refractivity contribution in [3.8, 4) is 0 Å². The van der Waals surface area contributed by atoms with Gasteiger partial charge >= 0.3 is 5.69 Å². The Morgan fingerprint density at radius 3 is 2.59 bits per heavy atom. The van der Waals surface area contributed by atoms with Gasteiger partial charge in [0, 0.05) is 12.3 Å². The van der Waals surface area contributed by atoms with E-state index in [0.29, 0.717) is 6.61 Å². The summed E-state index contributed by atoms with van der Waals surface area (Å²) in [6.45, 7) is 0.588. The highest BCUT2D eigenvalue weighted by atomic mass is 16.6. The summed E-state index contributed by atoms with van der Waals surface area (Å²) in [5.74, 6) is 0. The van der Waals surface area contributed by atoms with E-state index in [1.165, 1.54) is 0 Å². The van der Waals surface area contributed by atoms with E-state index < -0.39 is 35.8 Å². The van der Waals surface area contributed by atoms with Crippen LogP contribution in [-0.2, 0) is 4.74 Å². The van der Waals surface area contributed by atoms with Crippen molar-refractivity contribution in [2.75, 3.05) is 0 Å². The molecule has 4 atom stereocenters. The van der Waals surface area contributed by atoms with Gasteiger partial charge in [-0.05, 0) is 6.10 Å². The third-order valence-electron chi connectivity index (χ3n) is 2.55. The Morgan fingerprint density at radius 1 is 1.35 bits per heavy atom. The largest absolute Gasteiger partial charge is 0.563 e. The minimum atomic E-state index is -1.38. The van der Waals surface area contributed by atoms with E-state index in [1.807, 2.05) is 4.98 Å². The molecule has 1 fully saturated rings. The Bertz CT molecular complexity index is 509. The lowest BCUT2D eigenvalue weighted by Gasteiger charge is -2.19. The van der Waals surface area contributed by atoms with E-state index in [0.717, 1.165) is 16.8 Å². The molecule has 0 aliphatic carbocycles. The maximum Gasteiger partial charge on any atom is 0.330 e. The van der Waals surface area contributed by atoms with Crippen LogP contribution in [-0.4, -0.2) is 43.2 Å². The third-order valence-corrected chi connectivity index (χ3v) is 2.55. The standard InChI is InChI=1S/C9H11N2O6/c12-3-4-6(14)7(15)8(17-4)11-2-1-5(13)10-9(11)16/h1-4,6-8,12,14-15H,(H,10,13,16)/q-1/t4-,6-,7-,8-/m1/s1. The number of nitrogens with one attached hydrogen (secondary N) is 1. The number of ether oxygens (including phenoxy) is 1. The maximum absolute atomic E-state index is 11.4. The number of hydrogen-bond donors (Lipinski definition) is 4. The van der Waals surface area contributed by atoms with Crippen molar-refractivity contribution in [1.82, 2.24) is 9.55 Å². The molecule has 0 radical (unpaired) electrons. The van der Waals surface area contributed by atoms with Gasteiger partial charge in [-0.3, -0.25) is 14.3 Å². The molecule has 1 saturated heterocycles. The van der Waals surface area contributed by atoms with Gasteiger partial charge in [0.1, 0.15) is 6.10 Å². The lowest BCUT2D eigenvalue weighted by Crippen LogP contribution is -2.37. The van der Waals surface area contributed by atoms with Crippen LogP contribution in [0.15, 0.2) is 21.9 Å². The molecule has 4 N–H and O–H groups in total. The average molecular weight is 243 g/mol. The molecule has 8 heteroatoms. The van der Waals surface area contributed by atoms with E-state index in [4.69, 9.17) is 9.84 Å². The van der Waals surface area contributed by atoms with Crippen LogP contribution >= 0.6 is 0 Å². The molecule has 1 aromatic heterocycles. The molecule has 94 valence electrons. The number of aliphatic hydroxyl groups excluding tert-OH is 3. The first-order valence-electron chi connectivity index (χ1n) is 4.85. The van der Waals surface area contributed by atoms with Crippen LogP contribution in [0.25, 0.3) is 0 Å². The molecular formula is C9H11N2O6-. The predicted molar refractivity (Wildman–Crippen MR) is 53.5 cm³/mol. The highest BCUT2D eigenvalue weighted by molar-refractivity contribution is 4.95. The molecule has 0 saturated carbocycles. The van der Waals surface area contributed by atoms with Crippen molar-refractivity contribution in [1.29, 1.82) is 0 Å². The SMILES string of the molecule is O=c1ccn([C@@H]2O[C@H]([CH-]O)[C@@H](O)[C@H]2O)c(=O)[nH]1. The molecule has 0 amide bonds. The van der Waals surface area contributed by atoms with Gasteiger partial charge in [-0.1, -0.05) is 0 Å². The number of aromatic nitrogens is 2. The summed E-state index contributed by atoms with van der Waals surface area (Å²) < 4.78 is 6.01. The monoisotopic (exact) mass is 243 g/mol. The van der Waals surface area contributed by atoms with E-state index in [9.17, 15) is 19.8 Å². The van der Waals surface area contributed by atoms with Crippen LogP contribution in [0.2, 0.25) is 0 Å². The molecule has 1 aliphatic rings. The van der Waals surface area contributed by atoms with Crippen molar-refractivity contribution in [3.63, 3.8) is 0 Å². The molecule has 1 aliphatic heterocycles. The Kier molecular flexibility index (Phi) is 3.11. The number of nitrogens with zero attached hydrogens (tertiary/aromatic N) is 1. The summed E-state index contributed by atoms with van der Waals surface area (Å²) in [5, 5.41) is 27.9. The summed E-state index contributed by atoms with van der Waals surface area (Å²) in [6.07, 6.45) is -3.84. The van der Waals surface area contributed by atoms with Crippen molar-refractivity contribution in [3.05, 3.63) is 39.7 Å². The number of aromatic amines is 1. The second-order valence-electron chi connectivity index (χ2n) is 3.64. The van der Waals surface area contributed by atoms with Gasteiger partial charge in [0.25, 0.3) is 5.56 Å². The second-order valence-corrected chi connectivity index (χ2v) is 3.64. The normalized spacial score (nSPS) is 32.9. The van der Waals surface area contributed by atoms with Crippen molar-refractivity contribution >= 4 is 0 Å². The van der Waals surface area contributed by atoms with Crippen molar-refractivity contribution in [2.24, 2.45) is 0 Å². The van der Waals surface area contributed by atoms with Crippen molar-refractivity contribution < 1.29 is 20.1 Å². The van der Waals surface area contributed by atoms with Crippen LogP contribution < -0.4 is 11.2 Å². The van der Waals surface area contributed by atoms with E-state index >= 15 is 0 Å². The zero-order chi connectivity index (χ0) is 12.6. The number of hydrogen-bond acceptors (Lipinski definition) is 6. The molecule has 0 spiro atoms. The maximum atomic E-state index is 11.4. The average Bonchev–Trinajstić information content (AvgIpc) is 2.57. The Hall–Kier alpha value is -1.48. The van der Waals surface area contributed by atoms with E-state index in [2.05, 4.69) is 0 Å². The molecule has 2 rings (SSSR count). The second kappa shape index (κ2) is 4.41. The zero-order valence-corrected chi connectivity index (χ0v) is 8.56. The number of rotatable bonds is 2. The molecule has 17 heavy (non-hydrogen) atoms. The lowest BCUT2D eigenvalue weighted by atomic mass is 10.1. The van der Waals surface area contributed by atoms with Gasteiger partial charge in [0.15, 0.2) is 6.23 Å². The molecular weight excluding hydrogens is 232 g/mol.